The maximum absolute atomic E-state index is 13.1. The number of aromatic nitrogens is 1. The van der Waals surface area contributed by atoms with E-state index in [2.05, 4.69) is 10.2 Å². The minimum Gasteiger partial charge on any atom is -0.353 e. The van der Waals surface area contributed by atoms with E-state index in [0.29, 0.717) is 0 Å². The Morgan fingerprint density at radius 2 is 2.20 bits per heavy atom. The van der Waals surface area contributed by atoms with Crippen LogP contribution >= 0.6 is 0 Å². The summed E-state index contributed by atoms with van der Waals surface area (Å²) in [7, 11) is 1.97. The van der Waals surface area contributed by atoms with E-state index in [9.17, 15) is 4.39 Å². The Hall–Kier alpha value is -0.870. The summed E-state index contributed by atoms with van der Waals surface area (Å²) >= 11 is 0. The molecule has 0 aromatic carbocycles. The highest BCUT2D eigenvalue weighted by atomic mass is 19.1. The molecule has 84 valence electrons. The van der Waals surface area contributed by atoms with Crippen LogP contribution in [0.25, 0.3) is 0 Å². The average molecular weight is 211 g/mol. The molecule has 0 amide bonds. The highest BCUT2D eigenvalue weighted by molar-refractivity contribution is 5.12. The number of piperazine rings is 1. The molecule has 0 spiro atoms. The molecular formula is C11H18FN3. The molecule has 1 fully saturated rings. The zero-order valence-corrected chi connectivity index (χ0v) is 9.12. The zero-order valence-electron chi connectivity index (χ0n) is 9.12. The molecule has 1 aromatic rings. The van der Waals surface area contributed by atoms with Gasteiger partial charge in [-0.25, -0.2) is 4.39 Å². The molecule has 1 atom stereocenters. The van der Waals surface area contributed by atoms with Gasteiger partial charge in [-0.05, 0) is 12.1 Å². The van der Waals surface area contributed by atoms with Gasteiger partial charge in [-0.1, -0.05) is 0 Å². The van der Waals surface area contributed by atoms with E-state index >= 15 is 0 Å². The molecule has 0 aliphatic carbocycles. The highest BCUT2D eigenvalue weighted by Gasteiger charge is 2.23. The largest absolute Gasteiger partial charge is 0.353 e. The Morgan fingerprint density at radius 3 is 2.73 bits per heavy atom. The summed E-state index contributed by atoms with van der Waals surface area (Å²) in [5, 5.41) is 3.28. The van der Waals surface area contributed by atoms with E-state index in [-0.39, 0.29) is 12.7 Å². The maximum Gasteiger partial charge on any atom is 0.111 e. The molecule has 1 N–H and O–H groups in total. The number of halogens is 1. The predicted octanol–water partition coefficient (Wildman–Crippen LogP) is 0.941. The van der Waals surface area contributed by atoms with E-state index in [1.165, 1.54) is 0 Å². The van der Waals surface area contributed by atoms with Gasteiger partial charge in [0.25, 0.3) is 0 Å². The fourth-order valence-electron chi connectivity index (χ4n) is 2.18. The number of aryl methyl sites for hydroxylation is 1. The Kier molecular flexibility index (Phi) is 3.38. The Balaban J connectivity index is 2.12. The van der Waals surface area contributed by atoms with Crippen molar-refractivity contribution in [1.82, 2.24) is 14.8 Å². The summed E-state index contributed by atoms with van der Waals surface area (Å²) in [4.78, 5) is 2.21. The zero-order chi connectivity index (χ0) is 10.7. The predicted molar refractivity (Wildman–Crippen MR) is 58.6 cm³/mol. The van der Waals surface area contributed by atoms with Crippen LogP contribution in [0.3, 0.4) is 0 Å². The normalized spacial score (nSPS) is 20.4. The van der Waals surface area contributed by atoms with E-state index in [4.69, 9.17) is 0 Å². The first kappa shape index (κ1) is 10.6. The van der Waals surface area contributed by atoms with Crippen LogP contribution in [-0.2, 0) is 7.05 Å². The smallest absolute Gasteiger partial charge is 0.111 e. The summed E-state index contributed by atoms with van der Waals surface area (Å²) in [5.41, 5.74) is 1.07. The molecule has 1 aromatic heterocycles. The Labute approximate surface area is 89.9 Å². The summed E-state index contributed by atoms with van der Waals surface area (Å²) in [6.45, 7) is 3.47. The molecular weight excluding hydrogens is 193 g/mol. The minimum absolute atomic E-state index is 0.0768. The summed E-state index contributed by atoms with van der Waals surface area (Å²) in [5.74, 6) is 0. The molecule has 2 heterocycles. The molecule has 0 saturated carbocycles. The molecule has 4 heteroatoms. The van der Waals surface area contributed by atoms with E-state index < -0.39 is 0 Å². The Bertz CT molecular complexity index is 305. The number of nitrogens with zero attached hydrogens (tertiary/aromatic N) is 2. The SMILES string of the molecule is Cn1cccc1[C@@H](CF)N1CCNCC1. The Morgan fingerprint density at radius 1 is 1.47 bits per heavy atom. The highest BCUT2D eigenvalue weighted by Crippen LogP contribution is 2.21. The lowest BCUT2D eigenvalue weighted by atomic mass is 10.1. The van der Waals surface area contributed by atoms with Crippen LogP contribution in [0.1, 0.15) is 11.7 Å². The first-order chi connectivity index (χ1) is 7.33. The maximum atomic E-state index is 13.1. The van der Waals surface area contributed by atoms with E-state index in [0.717, 1.165) is 31.9 Å². The van der Waals surface area contributed by atoms with Crippen LogP contribution in [-0.4, -0.2) is 42.3 Å². The van der Waals surface area contributed by atoms with Crippen molar-refractivity contribution < 1.29 is 4.39 Å². The second kappa shape index (κ2) is 4.77. The van der Waals surface area contributed by atoms with Crippen LogP contribution in [0.5, 0.6) is 0 Å². The summed E-state index contributed by atoms with van der Waals surface area (Å²) < 4.78 is 15.1. The summed E-state index contributed by atoms with van der Waals surface area (Å²) in [6, 6.07) is 3.90. The van der Waals surface area contributed by atoms with Crippen molar-refractivity contribution in [2.75, 3.05) is 32.9 Å². The first-order valence-corrected chi connectivity index (χ1v) is 5.45. The second-order valence-corrected chi connectivity index (χ2v) is 4.00. The standard InChI is InChI=1S/C11H18FN3/c1-14-6-2-3-10(14)11(9-12)15-7-4-13-5-8-15/h2-3,6,11,13H,4-5,7-9H2,1H3/t11-/m1/s1. The van der Waals surface area contributed by atoms with Gasteiger partial charge < -0.3 is 9.88 Å². The van der Waals surface area contributed by atoms with Crippen molar-refractivity contribution >= 4 is 0 Å². The molecule has 2 rings (SSSR count). The molecule has 0 radical (unpaired) electrons. The van der Waals surface area contributed by atoms with Crippen molar-refractivity contribution in [2.24, 2.45) is 7.05 Å². The number of alkyl halides is 1. The number of hydrogen-bond donors (Lipinski definition) is 1. The van der Waals surface area contributed by atoms with E-state index in [1.807, 2.05) is 29.9 Å². The van der Waals surface area contributed by atoms with Crippen LogP contribution in [0, 0.1) is 0 Å². The molecule has 1 aliphatic rings. The third-order valence-corrected chi connectivity index (χ3v) is 3.06. The topological polar surface area (TPSA) is 20.2 Å². The second-order valence-electron chi connectivity index (χ2n) is 4.00. The minimum atomic E-state index is -0.308. The van der Waals surface area contributed by atoms with Crippen molar-refractivity contribution in [1.29, 1.82) is 0 Å². The van der Waals surface area contributed by atoms with Gasteiger partial charge >= 0.3 is 0 Å². The van der Waals surface area contributed by atoms with Crippen LogP contribution in [0.2, 0.25) is 0 Å². The quantitative estimate of drug-likeness (QED) is 0.803. The third kappa shape index (κ3) is 2.21. The average Bonchev–Trinajstić information content (AvgIpc) is 2.68. The van der Waals surface area contributed by atoms with Crippen molar-refractivity contribution in [3.8, 4) is 0 Å². The van der Waals surface area contributed by atoms with Crippen molar-refractivity contribution in [2.45, 2.75) is 6.04 Å². The lowest BCUT2D eigenvalue weighted by molar-refractivity contribution is 0.142. The first-order valence-electron chi connectivity index (χ1n) is 5.45. The molecule has 15 heavy (non-hydrogen) atoms. The van der Waals surface area contributed by atoms with Gasteiger partial charge in [0.1, 0.15) is 6.67 Å². The molecule has 1 aliphatic heterocycles. The number of nitrogens with one attached hydrogen (secondary N) is 1. The van der Waals surface area contributed by atoms with Gasteiger partial charge in [-0.3, -0.25) is 4.90 Å². The van der Waals surface area contributed by atoms with Gasteiger partial charge in [0.2, 0.25) is 0 Å². The fraction of sp³-hybridized carbons (Fsp3) is 0.636. The molecule has 3 nitrogen and oxygen atoms in total. The van der Waals surface area contributed by atoms with Gasteiger partial charge in [-0.15, -0.1) is 0 Å². The van der Waals surface area contributed by atoms with Crippen LogP contribution in [0.15, 0.2) is 18.3 Å². The van der Waals surface area contributed by atoms with Gasteiger partial charge in [-0.2, -0.15) is 0 Å². The summed E-state index contributed by atoms with van der Waals surface area (Å²) in [6.07, 6.45) is 1.97. The van der Waals surface area contributed by atoms with Crippen molar-refractivity contribution in [3.63, 3.8) is 0 Å². The number of hydrogen-bond acceptors (Lipinski definition) is 2. The van der Waals surface area contributed by atoms with Gasteiger partial charge in [0.05, 0.1) is 6.04 Å². The van der Waals surface area contributed by atoms with E-state index in [1.54, 1.807) is 0 Å². The monoisotopic (exact) mass is 211 g/mol. The lowest BCUT2D eigenvalue weighted by Gasteiger charge is -2.33. The van der Waals surface area contributed by atoms with Crippen molar-refractivity contribution in [3.05, 3.63) is 24.0 Å². The molecule has 0 unspecified atom stereocenters. The van der Waals surface area contributed by atoms with Gasteiger partial charge in [0.15, 0.2) is 0 Å². The fourth-order valence-corrected chi connectivity index (χ4v) is 2.18. The third-order valence-electron chi connectivity index (χ3n) is 3.06. The van der Waals surface area contributed by atoms with Crippen LogP contribution < -0.4 is 5.32 Å². The van der Waals surface area contributed by atoms with Crippen LogP contribution in [0.4, 0.5) is 4.39 Å². The lowest BCUT2D eigenvalue weighted by Crippen LogP contribution is -2.46. The molecule has 0 bridgehead atoms. The van der Waals surface area contributed by atoms with Gasteiger partial charge in [0, 0.05) is 45.1 Å². The molecule has 1 saturated heterocycles. The number of rotatable bonds is 3.